The SMILES string of the molecule is CCOC(=O)CN(CCn1cnc2c(=O)[nH]c(N)nc21)CCP(=O)(OCC)OCC. The molecule has 13 heteroatoms. The molecular formula is C17H29N6O6P. The summed E-state index contributed by atoms with van der Waals surface area (Å²) in [7, 11) is -3.26. The molecule has 12 nitrogen and oxygen atoms in total. The molecule has 0 radical (unpaired) electrons. The topological polar surface area (TPSA) is 155 Å². The van der Waals surface area contributed by atoms with Crippen molar-refractivity contribution >= 4 is 30.7 Å². The van der Waals surface area contributed by atoms with Crippen molar-refractivity contribution in [1.82, 2.24) is 24.4 Å². The lowest BCUT2D eigenvalue weighted by atomic mass is 10.4. The van der Waals surface area contributed by atoms with E-state index in [2.05, 4.69) is 15.0 Å². The smallest absolute Gasteiger partial charge is 0.331 e. The second-order valence-corrected chi connectivity index (χ2v) is 8.50. The van der Waals surface area contributed by atoms with Crippen LogP contribution in [0, 0.1) is 0 Å². The van der Waals surface area contributed by atoms with E-state index < -0.39 is 19.1 Å². The van der Waals surface area contributed by atoms with Crippen LogP contribution >= 0.6 is 7.60 Å². The molecule has 0 amide bonds. The van der Waals surface area contributed by atoms with Gasteiger partial charge in [-0.25, -0.2) is 4.98 Å². The number of carbonyl (C=O) groups is 1. The van der Waals surface area contributed by atoms with Gasteiger partial charge in [-0.3, -0.25) is 24.0 Å². The van der Waals surface area contributed by atoms with Gasteiger partial charge in [0, 0.05) is 19.6 Å². The van der Waals surface area contributed by atoms with E-state index in [-0.39, 0.29) is 44.0 Å². The highest BCUT2D eigenvalue weighted by Gasteiger charge is 2.25. The number of esters is 1. The van der Waals surface area contributed by atoms with Gasteiger partial charge in [0.05, 0.1) is 38.9 Å². The highest BCUT2D eigenvalue weighted by atomic mass is 31.2. The average Bonchev–Trinajstić information content (AvgIpc) is 3.08. The molecule has 0 aromatic carbocycles. The lowest BCUT2D eigenvalue weighted by Gasteiger charge is -2.24. The van der Waals surface area contributed by atoms with Gasteiger partial charge in [-0.05, 0) is 20.8 Å². The predicted octanol–water partition coefficient (Wildman–Crippen LogP) is 0.833. The average molecular weight is 444 g/mol. The van der Waals surface area contributed by atoms with Crippen molar-refractivity contribution in [1.29, 1.82) is 0 Å². The first kappa shape index (κ1) is 24.0. The van der Waals surface area contributed by atoms with E-state index in [1.165, 1.54) is 6.33 Å². The molecule has 0 fully saturated rings. The van der Waals surface area contributed by atoms with Crippen molar-refractivity contribution in [3.05, 3.63) is 16.7 Å². The Morgan fingerprint density at radius 1 is 1.23 bits per heavy atom. The maximum atomic E-state index is 12.7. The van der Waals surface area contributed by atoms with E-state index in [0.29, 0.717) is 25.3 Å². The van der Waals surface area contributed by atoms with E-state index >= 15 is 0 Å². The quantitative estimate of drug-likeness (QED) is 0.335. The van der Waals surface area contributed by atoms with E-state index in [1.807, 2.05) is 0 Å². The molecule has 0 bridgehead atoms. The van der Waals surface area contributed by atoms with E-state index in [0.717, 1.165) is 0 Å². The summed E-state index contributed by atoms with van der Waals surface area (Å²) in [5.74, 6) is -0.401. The number of rotatable bonds is 13. The Labute approximate surface area is 174 Å². The molecule has 0 aliphatic rings. The molecule has 2 aromatic heterocycles. The lowest BCUT2D eigenvalue weighted by molar-refractivity contribution is -0.144. The van der Waals surface area contributed by atoms with Gasteiger partial charge in [0.1, 0.15) is 0 Å². The zero-order valence-corrected chi connectivity index (χ0v) is 18.4. The Morgan fingerprint density at radius 2 is 1.93 bits per heavy atom. The van der Waals surface area contributed by atoms with Crippen LogP contribution in [0.1, 0.15) is 20.8 Å². The standard InChI is InChI=1S/C17H29N6O6P/c1-4-27-13(24)11-22(9-10-30(26,28-5-2)29-6-3)7-8-23-12-19-14-15(23)20-17(18)21-16(14)25/h12H,4-11H2,1-3H3,(H3,18,20,21,25). The van der Waals surface area contributed by atoms with Crippen LogP contribution in [0.15, 0.2) is 11.1 Å². The summed E-state index contributed by atoms with van der Waals surface area (Å²) < 4.78 is 30.1. The zero-order chi connectivity index (χ0) is 22.1. The van der Waals surface area contributed by atoms with Gasteiger partial charge in [-0.15, -0.1) is 0 Å². The van der Waals surface area contributed by atoms with Crippen molar-refractivity contribution in [2.45, 2.75) is 27.3 Å². The van der Waals surface area contributed by atoms with E-state index in [9.17, 15) is 14.2 Å². The van der Waals surface area contributed by atoms with Crippen LogP contribution in [0.25, 0.3) is 11.2 Å². The highest BCUT2D eigenvalue weighted by Crippen LogP contribution is 2.47. The van der Waals surface area contributed by atoms with Crippen molar-refractivity contribution in [3.63, 3.8) is 0 Å². The summed E-state index contributed by atoms with van der Waals surface area (Å²) in [6.07, 6.45) is 1.61. The third-order valence-corrected chi connectivity index (χ3v) is 6.20. The first-order valence-electron chi connectivity index (χ1n) is 9.78. The van der Waals surface area contributed by atoms with Gasteiger partial charge in [0.25, 0.3) is 5.56 Å². The fourth-order valence-corrected chi connectivity index (χ4v) is 4.51. The third-order valence-electron chi connectivity index (χ3n) is 4.15. The largest absolute Gasteiger partial charge is 0.465 e. The van der Waals surface area contributed by atoms with Gasteiger partial charge in [0.2, 0.25) is 5.95 Å². The minimum Gasteiger partial charge on any atom is -0.465 e. The zero-order valence-electron chi connectivity index (χ0n) is 17.5. The monoisotopic (exact) mass is 444 g/mol. The Kier molecular flexibility index (Phi) is 8.97. The van der Waals surface area contributed by atoms with Crippen LogP contribution in [0.3, 0.4) is 0 Å². The summed E-state index contributed by atoms with van der Waals surface area (Å²) in [6.45, 7) is 7.06. The molecule has 0 aliphatic carbocycles. The molecule has 30 heavy (non-hydrogen) atoms. The summed E-state index contributed by atoms with van der Waals surface area (Å²) in [6, 6.07) is 0. The van der Waals surface area contributed by atoms with Crippen LogP contribution in [-0.4, -0.2) is 76.0 Å². The number of anilines is 1. The summed E-state index contributed by atoms with van der Waals surface area (Å²) in [5, 5.41) is 0. The number of hydrogen-bond donors (Lipinski definition) is 2. The number of H-pyrrole nitrogens is 1. The van der Waals surface area contributed by atoms with Crippen molar-refractivity contribution in [2.75, 3.05) is 51.4 Å². The maximum Gasteiger partial charge on any atom is 0.331 e. The first-order valence-corrected chi connectivity index (χ1v) is 11.5. The second kappa shape index (κ2) is 11.2. The number of ether oxygens (including phenoxy) is 1. The summed E-state index contributed by atoms with van der Waals surface area (Å²) in [5.41, 5.74) is 5.73. The van der Waals surface area contributed by atoms with E-state index in [1.54, 1.807) is 30.2 Å². The summed E-state index contributed by atoms with van der Waals surface area (Å²) >= 11 is 0. The Hall–Kier alpha value is -2.27. The number of nitrogen functional groups attached to an aromatic ring is 1. The Bertz CT molecular complexity index is 934. The molecule has 0 atom stereocenters. The molecule has 0 unspecified atom stereocenters. The molecule has 2 aromatic rings. The van der Waals surface area contributed by atoms with Crippen LogP contribution < -0.4 is 11.3 Å². The molecule has 168 valence electrons. The Balaban J connectivity index is 2.12. The number of hydrogen-bond acceptors (Lipinski definition) is 10. The molecule has 2 rings (SSSR count). The van der Waals surface area contributed by atoms with Crippen LogP contribution in [0.5, 0.6) is 0 Å². The minimum absolute atomic E-state index is 0.00741. The highest BCUT2D eigenvalue weighted by molar-refractivity contribution is 7.53. The number of nitrogens with zero attached hydrogens (tertiary/aromatic N) is 4. The van der Waals surface area contributed by atoms with Gasteiger partial charge in [-0.2, -0.15) is 4.98 Å². The number of fused-ring (bicyclic) bond motifs is 1. The molecular weight excluding hydrogens is 415 g/mol. The van der Waals surface area contributed by atoms with Crippen molar-refractivity contribution in [2.24, 2.45) is 0 Å². The Morgan fingerprint density at radius 3 is 2.57 bits per heavy atom. The van der Waals surface area contributed by atoms with Gasteiger partial charge >= 0.3 is 13.6 Å². The predicted molar refractivity (Wildman–Crippen MR) is 111 cm³/mol. The molecule has 2 heterocycles. The fraction of sp³-hybridized carbons (Fsp3) is 0.647. The molecule has 3 N–H and O–H groups in total. The molecule has 0 saturated carbocycles. The molecule has 0 aliphatic heterocycles. The van der Waals surface area contributed by atoms with Gasteiger partial charge in [-0.1, -0.05) is 0 Å². The van der Waals surface area contributed by atoms with Crippen LogP contribution in [-0.2, 0) is 29.7 Å². The number of carbonyl (C=O) groups excluding carboxylic acids is 1. The number of aromatic amines is 1. The van der Waals surface area contributed by atoms with Crippen LogP contribution in [0.2, 0.25) is 0 Å². The number of aromatic nitrogens is 4. The maximum absolute atomic E-state index is 12.7. The summed E-state index contributed by atoms with van der Waals surface area (Å²) in [4.78, 5) is 36.3. The minimum atomic E-state index is -3.26. The lowest BCUT2D eigenvalue weighted by Crippen LogP contribution is -2.36. The normalized spacial score (nSPS) is 12.0. The number of nitrogens with two attached hydrogens (primary N) is 1. The van der Waals surface area contributed by atoms with E-state index in [4.69, 9.17) is 19.5 Å². The molecule has 0 saturated heterocycles. The first-order chi connectivity index (χ1) is 14.3. The second-order valence-electron chi connectivity index (χ2n) is 6.31. The number of nitrogens with one attached hydrogen (secondary N) is 1. The molecule has 0 spiro atoms. The van der Waals surface area contributed by atoms with Crippen molar-refractivity contribution in [3.8, 4) is 0 Å². The van der Waals surface area contributed by atoms with Crippen LogP contribution in [0.4, 0.5) is 5.95 Å². The fourth-order valence-electron chi connectivity index (χ4n) is 2.87. The van der Waals surface area contributed by atoms with Gasteiger partial charge in [0.15, 0.2) is 11.2 Å². The third kappa shape index (κ3) is 6.63. The number of imidazole rings is 1. The van der Waals surface area contributed by atoms with Crippen molar-refractivity contribution < 1.29 is 23.1 Å². The van der Waals surface area contributed by atoms with Gasteiger partial charge < -0.3 is 24.1 Å².